The third kappa shape index (κ3) is 5.25. The van der Waals surface area contributed by atoms with Gasteiger partial charge >= 0.3 is 6.85 Å². The number of anilines is 5. The van der Waals surface area contributed by atoms with Gasteiger partial charge in [0.25, 0.3) is 0 Å². The SMILES string of the molecule is CCCCc1ccc(N2c3cc4c(cc3B3c5c(cc(C)cc52)-c2cccc5c2N3c2ccccc2S5(c2ccccc2)c2ccccc2)oc2ccccc24)c(-c2ccccc2)c1. The molecule has 4 heterocycles. The lowest BCUT2D eigenvalue weighted by Gasteiger charge is -2.54. The highest BCUT2D eigenvalue weighted by molar-refractivity contribution is 8.34. The summed E-state index contributed by atoms with van der Waals surface area (Å²) in [4.78, 5) is 10.7. The van der Waals surface area contributed by atoms with E-state index >= 15 is 0 Å². The van der Waals surface area contributed by atoms with E-state index in [1.165, 1.54) is 92.3 Å². The van der Waals surface area contributed by atoms with Gasteiger partial charge in [-0.3, -0.25) is 0 Å². The molecule has 0 fully saturated rings. The van der Waals surface area contributed by atoms with E-state index in [9.17, 15) is 0 Å². The topological polar surface area (TPSA) is 19.6 Å². The normalized spacial score (nSPS) is 14.5. The van der Waals surface area contributed by atoms with Gasteiger partial charge < -0.3 is 14.1 Å². The van der Waals surface area contributed by atoms with E-state index in [0.29, 0.717) is 0 Å². The van der Waals surface area contributed by atoms with Gasteiger partial charge in [0.05, 0.1) is 11.4 Å². The molecule has 306 valence electrons. The molecule has 10 aromatic rings. The second-order valence-corrected chi connectivity index (χ2v) is 20.6. The maximum Gasteiger partial charge on any atom is 0.333 e. The van der Waals surface area contributed by atoms with Crippen LogP contribution in [0.4, 0.5) is 28.4 Å². The molecule has 0 bridgehead atoms. The molecule has 0 saturated heterocycles. The maximum absolute atomic E-state index is 6.82. The fourth-order valence-electron chi connectivity index (χ4n) is 11.2. The molecule has 3 aliphatic heterocycles. The maximum atomic E-state index is 6.82. The minimum absolute atomic E-state index is 0.141. The van der Waals surface area contributed by atoms with E-state index in [4.69, 9.17) is 4.42 Å². The smallest absolute Gasteiger partial charge is 0.333 e. The summed E-state index contributed by atoms with van der Waals surface area (Å²) in [5.74, 6) is 0. The third-order valence-corrected chi connectivity index (χ3v) is 17.8. The molecule has 1 aromatic heterocycles. The first kappa shape index (κ1) is 37.4. The van der Waals surface area contributed by atoms with Crippen molar-refractivity contribution < 1.29 is 4.42 Å². The predicted octanol–water partition coefficient (Wildman–Crippen LogP) is 15.3. The summed E-state index contributed by atoms with van der Waals surface area (Å²) in [5.41, 5.74) is 18.2. The van der Waals surface area contributed by atoms with Gasteiger partial charge in [0.15, 0.2) is 0 Å². The fourth-order valence-corrected chi connectivity index (χ4v) is 15.4. The van der Waals surface area contributed by atoms with Crippen LogP contribution in [0.2, 0.25) is 0 Å². The quantitative estimate of drug-likeness (QED) is 0.149. The first-order chi connectivity index (χ1) is 31.6. The predicted molar refractivity (Wildman–Crippen MR) is 270 cm³/mol. The van der Waals surface area contributed by atoms with Crippen LogP contribution < -0.4 is 20.6 Å². The Hall–Kier alpha value is -7.21. The molecule has 0 unspecified atom stereocenters. The Balaban J connectivity index is 1.17. The molecular weight excluding hydrogens is 796 g/mol. The molecule has 5 heteroatoms. The van der Waals surface area contributed by atoms with Crippen molar-refractivity contribution in [2.45, 2.75) is 52.7 Å². The molecule has 3 nitrogen and oxygen atoms in total. The number of aryl methyl sites for hydroxylation is 2. The lowest BCUT2D eigenvalue weighted by molar-refractivity contribution is 0.669. The highest BCUT2D eigenvalue weighted by Gasteiger charge is 2.52. The fraction of sp³-hybridized carbons (Fsp3) is 0.0847. The first-order valence-electron chi connectivity index (χ1n) is 22.7. The van der Waals surface area contributed by atoms with Crippen molar-refractivity contribution in [2.24, 2.45) is 0 Å². The molecule has 0 spiro atoms. The molecule has 3 aliphatic rings. The standard InChI is InChI=1S/C59H45BN2OS/c1-3-4-19-40-32-33-50(46(36-40)41-20-8-5-9-21-41)61-52-37-47-44-26-14-16-29-54(44)63-55(47)38-49(52)60-58-48(34-39(2)35-53(58)61)45-27-18-31-57-59(45)62(60)51-28-15-17-30-56(51)64(57,42-22-10-6-11-23-42)43-24-12-7-13-25-43/h5-18,20-38H,3-4,19H2,1-2H3. The van der Waals surface area contributed by atoms with Crippen LogP contribution in [0.3, 0.4) is 0 Å². The summed E-state index contributed by atoms with van der Waals surface area (Å²) in [6.45, 7) is 4.41. The van der Waals surface area contributed by atoms with Crippen LogP contribution in [0.15, 0.2) is 224 Å². The highest BCUT2D eigenvalue weighted by Crippen LogP contribution is 2.80. The summed E-state index contributed by atoms with van der Waals surface area (Å²) in [6.07, 6.45) is 3.38. The second kappa shape index (κ2) is 14.4. The summed E-state index contributed by atoms with van der Waals surface area (Å²) in [7, 11) is -1.94. The Labute approximate surface area is 376 Å². The van der Waals surface area contributed by atoms with Gasteiger partial charge in [-0.1, -0.05) is 135 Å². The molecule has 64 heavy (non-hydrogen) atoms. The van der Waals surface area contributed by atoms with Crippen LogP contribution in [0.1, 0.15) is 30.9 Å². The number of benzene rings is 9. The summed E-state index contributed by atoms with van der Waals surface area (Å²) in [6, 6.07) is 75.4. The monoisotopic (exact) mass is 840 g/mol. The van der Waals surface area contributed by atoms with Crippen molar-refractivity contribution in [1.82, 2.24) is 0 Å². The van der Waals surface area contributed by atoms with Gasteiger partial charge in [0.1, 0.15) is 11.2 Å². The van der Waals surface area contributed by atoms with E-state index in [-0.39, 0.29) is 6.85 Å². The number of rotatable bonds is 7. The number of para-hydroxylation sites is 3. The Morgan fingerprint density at radius 1 is 0.516 bits per heavy atom. The zero-order valence-electron chi connectivity index (χ0n) is 36.0. The Morgan fingerprint density at radius 3 is 2.00 bits per heavy atom. The lowest BCUT2D eigenvalue weighted by Crippen LogP contribution is -2.62. The molecule has 0 amide bonds. The minimum Gasteiger partial charge on any atom is -0.456 e. The third-order valence-electron chi connectivity index (χ3n) is 13.9. The van der Waals surface area contributed by atoms with Gasteiger partial charge in [-0.15, -0.1) is 10.0 Å². The number of hydrogen-bond donors (Lipinski definition) is 0. The van der Waals surface area contributed by atoms with E-state index in [2.05, 4.69) is 224 Å². The van der Waals surface area contributed by atoms with Crippen molar-refractivity contribution in [3.63, 3.8) is 0 Å². The van der Waals surface area contributed by atoms with Crippen LogP contribution in [-0.4, -0.2) is 6.85 Å². The van der Waals surface area contributed by atoms with Crippen molar-refractivity contribution in [3.8, 4) is 22.3 Å². The van der Waals surface area contributed by atoms with Crippen LogP contribution in [0.25, 0.3) is 44.2 Å². The van der Waals surface area contributed by atoms with Crippen molar-refractivity contribution in [1.29, 1.82) is 0 Å². The minimum atomic E-state index is -1.94. The molecule has 0 N–H and O–H groups in total. The Bertz CT molecular complexity index is 3430. The second-order valence-electron chi connectivity index (χ2n) is 17.5. The molecule has 0 aliphatic carbocycles. The van der Waals surface area contributed by atoms with Crippen LogP contribution in [-0.2, 0) is 6.42 Å². The zero-order valence-corrected chi connectivity index (χ0v) is 36.8. The highest BCUT2D eigenvalue weighted by atomic mass is 32.3. The van der Waals surface area contributed by atoms with Gasteiger partial charge in [-0.25, -0.2) is 0 Å². The van der Waals surface area contributed by atoms with E-state index < -0.39 is 10.0 Å². The van der Waals surface area contributed by atoms with Crippen LogP contribution >= 0.6 is 10.0 Å². The van der Waals surface area contributed by atoms with Gasteiger partial charge in [-0.2, -0.15) is 0 Å². The lowest BCUT2D eigenvalue weighted by atomic mass is 9.43. The number of hydrogen-bond acceptors (Lipinski definition) is 3. The van der Waals surface area contributed by atoms with E-state index in [1.54, 1.807) is 0 Å². The Kier molecular flexibility index (Phi) is 8.42. The molecule has 9 aromatic carbocycles. The molecule has 0 atom stereocenters. The zero-order chi connectivity index (χ0) is 42.5. The van der Waals surface area contributed by atoms with Crippen LogP contribution in [0.5, 0.6) is 0 Å². The van der Waals surface area contributed by atoms with Gasteiger partial charge in [0.2, 0.25) is 0 Å². The van der Waals surface area contributed by atoms with Crippen molar-refractivity contribution in [2.75, 3.05) is 9.71 Å². The molecule has 0 saturated carbocycles. The van der Waals surface area contributed by atoms with Crippen molar-refractivity contribution in [3.05, 3.63) is 211 Å². The van der Waals surface area contributed by atoms with E-state index in [0.717, 1.165) is 41.2 Å². The summed E-state index contributed by atoms with van der Waals surface area (Å²) >= 11 is 0. The molecule has 0 radical (unpaired) electrons. The average molecular weight is 841 g/mol. The molecular formula is C59H45BN2OS. The largest absolute Gasteiger partial charge is 0.456 e. The number of furan rings is 1. The van der Waals surface area contributed by atoms with Crippen molar-refractivity contribution >= 4 is 78.2 Å². The average Bonchev–Trinajstić information content (AvgIpc) is 3.72. The van der Waals surface area contributed by atoms with E-state index in [1.807, 2.05) is 0 Å². The van der Waals surface area contributed by atoms with Gasteiger partial charge in [-0.05, 0) is 132 Å². The summed E-state index contributed by atoms with van der Waals surface area (Å²) < 4.78 is 6.82. The number of nitrogens with zero attached hydrogens (tertiary/aromatic N) is 2. The number of unbranched alkanes of at least 4 members (excludes halogenated alkanes) is 1. The van der Waals surface area contributed by atoms with Gasteiger partial charge in [0, 0.05) is 58.5 Å². The summed E-state index contributed by atoms with van der Waals surface area (Å²) in [5, 5.41) is 2.26. The molecule has 13 rings (SSSR count). The first-order valence-corrected chi connectivity index (χ1v) is 24.3. The van der Waals surface area contributed by atoms with Crippen LogP contribution in [0, 0.1) is 6.92 Å². The number of fused-ring (bicyclic) bond motifs is 9. The Morgan fingerprint density at radius 2 is 1.22 bits per heavy atom.